The Bertz CT molecular complexity index is 558. The SMILES string of the molecule is O=C1CCc2c(OC3CCOC4(CCCC4)C3)cccc21. The van der Waals surface area contributed by atoms with Crippen LogP contribution in [0.4, 0.5) is 0 Å². The topological polar surface area (TPSA) is 35.5 Å². The molecule has 0 radical (unpaired) electrons. The number of carbonyl (C=O) groups is 1. The summed E-state index contributed by atoms with van der Waals surface area (Å²) < 4.78 is 12.4. The number of hydrogen-bond donors (Lipinski definition) is 0. The summed E-state index contributed by atoms with van der Waals surface area (Å²) in [6.07, 6.45) is 8.58. The lowest BCUT2D eigenvalue weighted by Crippen LogP contribution is -2.41. The second kappa shape index (κ2) is 5.13. The summed E-state index contributed by atoms with van der Waals surface area (Å²) in [4.78, 5) is 11.8. The molecule has 1 unspecified atom stereocenters. The number of fused-ring (bicyclic) bond motifs is 1. The Balaban J connectivity index is 1.53. The number of rotatable bonds is 2. The molecule has 2 aliphatic carbocycles. The molecule has 2 fully saturated rings. The maximum Gasteiger partial charge on any atom is 0.163 e. The van der Waals surface area contributed by atoms with E-state index in [-0.39, 0.29) is 17.5 Å². The molecule has 1 aromatic rings. The lowest BCUT2D eigenvalue weighted by molar-refractivity contribution is -0.108. The van der Waals surface area contributed by atoms with Gasteiger partial charge in [0, 0.05) is 30.4 Å². The smallest absolute Gasteiger partial charge is 0.163 e. The van der Waals surface area contributed by atoms with E-state index in [1.165, 1.54) is 25.7 Å². The molecule has 21 heavy (non-hydrogen) atoms. The first-order valence-corrected chi connectivity index (χ1v) is 8.22. The van der Waals surface area contributed by atoms with Crippen LogP contribution in [0.1, 0.15) is 60.9 Å². The van der Waals surface area contributed by atoms with Crippen molar-refractivity contribution in [2.75, 3.05) is 6.61 Å². The Morgan fingerprint density at radius 1 is 1.19 bits per heavy atom. The highest BCUT2D eigenvalue weighted by atomic mass is 16.5. The molecular weight excluding hydrogens is 264 g/mol. The highest BCUT2D eigenvalue weighted by Crippen LogP contribution is 2.41. The van der Waals surface area contributed by atoms with E-state index in [1.54, 1.807) is 0 Å². The summed E-state index contributed by atoms with van der Waals surface area (Å²) in [6, 6.07) is 5.90. The van der Waals surface area contributed by atoms with Crippen LogP contribution in [0.5, 0.6) is 5.75 Å². The largest absolute Gasteiger partial charge is 0.490 e. The molecule has 1 saturated carbocycles. The first-order valence-electron chi connectivity index (χ1n) is 8.22. The van der Waals surface area contributed by atoms with Gasteiger partial charge < -0.3 is 9.47 Å². The molecule has 3 aliphatic rings. The van der Waals surface area contributed by atoms with Gasteiger partial charge in [0.25, 0.3) is 0 Å². The molecule has 1 aliphatic heterocycles. The maximum atomic E-state index is 11.8. The quantitative estimate of drug-likeness (QED) is 0.832. The monoisotopic (exact) mass is 286 g/mol. The molecule has 1 spiro atoms. The van der Waals surface area contributed by atoms with Crippen LogP contribution in [0, 0.1) is 0 Å². The number of benzene rings is 1. The van der Waals surface area contributed by atoms with Gasteiger partial charge in [-0.1, -0.05) is 25.0 Å². The fourth-order valence-corrected chi connectivity index (χ4v) is 4.20. The van der Waals surface area contributed by atoms with Gasteiger partial charge in [-0.3, -0.25) is 4.79 Å². The van der Waals surface area contributed by atoms with Gasteiger partial charge >= 0.3 is 0 Å². The molecule has 0 aromatic heterocycles. The van der Waals surface area contributed by atoms with Crippen molar-refractivity contribution in [2.45, 2.75) is 63.1 Å². The fourth-order valence-electron chi connectivity index (χ4n) is 4.20. The highest BCUT2D eigenvalue weighted by Gasteiger charge is 2.41. The van der Waals surface area contributed by atoms with Gasteiger partial charge in [-0.15, -0.1) is 0 Å². The van der Waals surface area contributed by atoms with Crippen molar-refractivity contribution in [2.24, 2.45) is 0 Å². The zero-order chi connectivity index (χ0) is 14.3. The van der Waals surface area contributed by atoms with E-state index in [1.807, 2.05) is 18.2 Å². The molecule has 1 atom stereocenters. The maximum absolute atomic E-state index is 11.8. The van der Waals surface area contributed by atoms with Crippen LogP contribution in [-0.2, 0) is 11.2 Å². The zero-order valence-electron chi connectivity index (χ0n) is 12.4. The summed E-state index contributed by atoms with van der Waals surface area (Å²) in [5.41, 5.74) is 2.07. The third-order valence-electron chi connectivity index (χ3n) is 5.29. The summed E-state index contributed by atoms with van der Waals surface area (Å²) in [5.74, 6) is 1.19. The first kappa shape index (κ1) is 13.3. The molecule has 3 nitrogen and oxygen atoms in total. The molecule has 0 N–H and O–H groups in total. The van der Waals surface area contributed by atoms with Gasteiger partial charge in [0.2, 0.25) is 0 Å². The Kier molecular flexibility index (Phi) is 3.26. The predicted octanol–water partition coefficient (Wildman–Crippen LogP) is 3.69. The van der Waals surface area contributed by atoms with E-state index in [4.69, 9.17) is 9.47 Å². The minimum atomic E-state index is 0.0800. The van der Waals surface area contributed by atoms with Crippen LogP contribution in [0.25, 0.3) is 0 Å². The molecule has 0 bridgehead atoms. The average Bonchev–Trinajstić information content (AvgIpc) is 3.08. The minimum absolute atomic E-state index is 0.0800. The number of Topliss-reactive ketones (excluding diaryl/α,β-unsaturated/α-hetero) is 1. The van der Waals surface area contributed by atoms with E-state index in [9.17, 15) is 4.79 Å². The summed E-state index contributed by atoms with van der Waals surface area (Å²) in [7, 11) is 0. The van der Waals surface area contributed by atoms with Gasteiger partial charge in [-0.2, -0.15) is 0 Å². The Hall–Kier alpha value is -1.35. The lowest BCUT2D eigenvalue weighted by atomic mass is 9.90. The summed E-state index contributed by atoms with van der Waals surface area (Å²) >= 11 is 0. The zero-order valence-corrected chi connectivity index (χ0v) is 12.4. The Labute approximate surface area is 125 Å². The van der Waals surface area contributed by atoms with Gasteiger partial charge in [0.15, 0.2) is 5.78 Å². The lowest BCUT2D eigenvalue weighted by Gasteiger charge is -2.38. The normalized spacial score (nSPS) is 27.0. The minimum Gasteiger partial charge on any atom is -0.490 e. The van der Waals surface area contributed by atoms with Gasteiger partial charge in [-0.25, -0.2) is 0 Å². The predicted molar refractivity (Wildman–Crippen MR) is 79.9 cm³/mol. The van der Waals surface area contributed by atoms with Gasteiger partial charge in [0.1, 0.15) is 11.9 Å². The van der Waals surface area contributed by atoms with Gasteiger partial charge in [-0.05, 0) is 25.3 Å². The molecular formula is C18H22O3. The van der Waals surface area contributed by atoms with Crippen LogP contribution >= 0.6 is 0 Å². The van der Waals surface area contributed by atoms with Crippen molar-refractivity contribution in [1.29, 1.82) is 0 Å². The average molecular weight is 286 g/mol. The second-order valence-corrected chi connectivity index (χ2v) is 6.68. The molecule has 1 saturated heterocycles. The van der Waals surface area contributed by atoms with Gasteiger partial charge in [0.05, 0.1) is 12.2 Å². The summed E-state index contributed by atoms with van der Waals surface area (Å²) in [6.45, 7) is 0.804. The summed E-state index contributed by atoms with van der Waals surface area (Å²) in [5, 5.41) is 0. The van der Waals surface area contributed by atoms with Crippen molar-refractivity contribution < 1.29 is 14.3 Å². The van der Waals surface area contributed by atoms with Crippen molar-refractivity contribution in [1.82, 2.24) is 0 Å². The van der Waals surface area contributed by atoms with E-state index in [0.717, 1.165) is 42.7 Å². The number of hydrogen-bond acceptors (Lipinski definition) is 3. The molecule has 0 amide bonds. The molecule has 3 heteroatoms. The van der Waals surface area contributed by atoms with Crippen LogP contribution in [0.15, 0.2) is 18.2 Å². The first-order chi connectivity index (χ1) is 10.3. The van der Waals surface area contributed by atoms with Crippen LogP contribution in [0.3, 0.4) is 0 Å². The van der Waals surface area contributed by atoms with E-state index >= 15 is 0 Å². The van der Waals surface area contributed by atoms with Crippen LogP contribution in [-0.4, -0.2) is 24.1 Å². The number of ether oxygens (including phenoxy) is 2. The van der Waals surface area contributed by atoms with Crippen LogP contribution in [0.2, 0.25) is 0 Å². The molecule has 1 aromatic carbocycles. The number of ketones is 1. The van der Waals surface area contributed by atoms with Crippen molar-refractivity contribution in [3.8, 4) is 5.75 Å². The van der Waals surface area contributed by atoms with E-state index < -0.39 is 0 Å². The number of carbonyl (C=O) groups excluding carboxylic acids is 1. The Morgan fingerprint density at radius 2 is 2.05 bits per heavy atom. The standard InChI is InChI=1S/C18H22O3/c19-16-7-6-15-14(16)4-3-5-17(15)21-13-8-11-20-18(12-13)9-1-2-10-18/h3-5,13H,1-2,6-12H2. The Morgan fingerprint density at radius 3 is 2.90 bits per heavy atom. The molecule has 4 rings (SSSR count). The fraction of sp³-hybridized carbons (Fsp3) is 0.611. The third kappa shape index (κ3) is 2.38. The van der Waals surface area contributed by atoms with Crippen molar-refractivity contribution in [3.63, 3.8) is 0 Å². The molecule has 112 valence electrons. The van der Waals surface area contributed by atoms with E-state index in [2.05, 4.69) is 0 Å². The highest BCUT2D eigenvalue weighted by molar-refractivity contribution is 6.01. The molecule has 1 heterocycles. The van der Waals surface area contributed by atoms with E-state index in [0.29, 0.717) is 6.42 Å². The second-order valence-electron chi connectivity index (χ2n) is 6.68. The van der Waals surface area contributed by atoms with Crippen molar-refractivity contribution in [3.05, 3.63) is 29.3 Å². The third-order valence-corrected chi connectivity index (χ3v) is 5.29. The van der Waals surface area contributed by atoms with Crippen LogP contribution < -0.4 is 4.74 Å². The van der Waals surface area contributed by atoms with Crippen molar-refractivity contribution >= 4 is 5.78 Å².